The van der Waals surface area contributed by atoms with Crippen molar-refractivity contribution in [3.05, 3.63) is 74.4 Å². The lowest BCUT2D eigenvalue weighted by Crippen LogP contribution is -2.42. The van der Waals surface area contributed by atoms with E-state index < -0.39 is 29.9 Å². The molecule has 1 N–H and O–H groups in total. The predicted octanol–water partition coefficient (Wildman–Crippen LogP) is 1.84. The van der Waals surface area contributed by atoms with E-state index in [1.54, 1.807) is 0 Å². The minimum Gasteiger partial charge on any atom is -0.462 e. The molecule has 0 aliphatic heterocycles. The Labute approximate surface area is 158 Å². The van der Waals surface area contributed by atoms with Crippen LogP contribution in [0.1, 0.15) is 0 Å². The third kappa shape index (κ3) is 11.1. The van der Waals surface area contributed by atoms with Crippen molar-refractivity contribution in [2.75, 3.05) is 26.4 Å². The molecule has 1 aromatic carbocycles. The molecule has 1 aromatic rings. The van der Waals surface area contributed by atoms with Crippen LogP contribution in [0.5, 0.6) is 0 Å². The molecule has 146 valence electrons. The van der Waals surface area contributed by atoms with Crippen LogP contribution in [0.2, 0.25) is 0 Å². The van der Waals surface area contributed by atoms with E-state index in [1.807, 2.05) is 36.4 Å². The van der Waals surface area contributed by atoms with Crippen LogP contribution in [0.15, 0.2) is 74.4 Å². The molecule has 0 fully saturated rings. The summed E-state index contributed by atoms with van der Waals surface area (Å²) in [6.07, 6.45) is 2.81. The van der Waals surface area contributed by atoms with Crippen LogP contribution in [0.4, 0.5) is 0 Å². The monoisotopic (exact) mass is 376 g/mol. The van der Waals surface area contributed by atoms with Gasteiger partial charge in [-0.05, 0) is 0 Å². The Balaban J connectivity index is 0.000000941. The number of esters is 3. The third-order valence-corrected chi connectivity index (χ3v) is 3.06. The second-order valence-electron chi connectivity index (χ2n) is 5.25. The van der Waals surface area contributed by atoms with Gasteiger partial charge in [0, 0.05) is 18.2 Å². The number of carbonyl (C=O) groups excluding carboxylic acids is 3. The molecule has 0 radical (unpaired) electrons. The van der Waals surface area contributed by atoms with Gasteiger partial charge in [0.2, 0.25) is 0 Å². The number of hydrogen-bond acceptors (Lipinski definition) is 7. The highest BCUT2D eigenvalue weighted by atomic mass is 16.6. The second kappa shape index (κ2) is 14.0. The van der Waals surface area contributed by atoms with Crippen molar-refractivity contribution in [2.45, 2.75) is 0 Å². The summed E-state index contributed by atoms with van der Waals surface area (Å²) in [6, 6.07) is 12.0. The SMILES string of the molecule is C=CC(=O)OCC(CO)(COC(=O)C=C)COC(=O)C=C.c1ccccc1. The zero-order chi connectivity index (χ0) is 20.5. The van der Waals surface area contributed by atoms with Crippen molar-refractivity contribution in [2.24, 2.45) is 5.41 Å². The quantitative estimate of drug-likeness (QED) is 0.378. The van der Waals surface area contributed by atoms with E-state index in [-0.39, 0.29) is 19.8 Å². The first-order chi connectivity index (χ1) is 12.9. The molecule has 0 bridgehead atoms. The van der Waals surface area contributed by atoms with Crippen molar-refractivity contribution in [3.63, 3.8) is 0 Å². The number of ether oxygens (including phenoxy) is 3. The van der Waals surface area contributed by atoms with Crippen LogP contribution in [0, 0.1) is 5.41 Å². The minimum absolute atomic E-state index is 0.330. The Morgan fingerprint density at radius 1 is 0.704 bits per heavy atom. The molecule has 0 saturated heterocycles. The van der Waals surface area contributed by atoms with Crippen LogP contribution in [0.3, 0.4) is 0 Å². The number of carbonyl (C=O) groups is 3. The van der Waals surface area contributed by atoms with E-state index in [1.165, 1.54) is 0 Å². The molecular formula is C20H24O7. The first kappa shape index (κ1) is 23.8. The summed E-state index contributed by atoms with van der Waals surface area (Å²) in [4.78, 5) is 33.3. The largest absolute Gasteiger partial charge is 0.462 e. The van der Waals surface area contributed by atoms with Crippen LogP contribution < -0.4 is 0 Å². The van der Waals surface area contributed by atoms with Crippen LogP contribution in [0.25, 0.3) is 0 Å². The summed E-state index contributed by atoms with van der Waals surface area (Å²) in [6.45, 7) is 8.14. The summed E-state index contributed by atoms with van der Waals surface area (Å²) in [5.74, 6) is -2.17. The lowest BCUT2D eigenvalue weighted by molar-refractivity contribution is -0.159. The molecule has 0 spiro atoms. The zero-order valence-corrected chi connectivity index (χ0v) is 15.0. The second-order valence-corrected chi connectivity index (χ2v) is 5.25. The molecule has 7 nitrogen and oxygen atoms in total. The highest BCUT2D eigenvalue weighted by Crippen LogP contribution is 2.19. The summed E-state index contributed by atoms with van der Waals surface area (Å²) in [5.41, 5.74) is -1.28. The van der Waals surface area contributed by atoms with E-state index in [0.717, 1.165) is 18.2 Å². The van der Waals surface area contributed by atoms with E-state index in [4.69, 9.17) is 14.2 Å². The van der Waals surface area contributed by atoms with E-state index in [9.17, 15) is 19.5 Å². The van der Waals surface area contributed by atoms with Gasteiger partial charge < -0.3 is 19.3 Å². The van der Waals surface area contributed by atoms with Gasteiger partial charge in [-0.3, -0.25) is 0 Å². The first-order valence-corrected chi connectivity index (χ1v) is 7.91. The normalized spacial score (nSPS) is 9.67. The van der Waals surface area contributed by atoms with Gasteiger partial charge >= 0.3 is 17.9 Å². The Kier molecular flexibility index (Phi) is 12.4. The maximum absolute atomic E-state index is 11.1. The van der Waals surface area contributed by atoms with Crippen molar-refractivity contribution < 1.29 is 33.7 Å². The zero-order valence-electron chi connectivity index (χ0n) is 15.0. The first-order valence-electron chi connectivity index (χ1n) is 7.91. The van der Waals surface area contributed by atoms with E-state index >= 15 is 0 Å². The molecule has 0 aliphatic rings. The van der Waals surface area contributed by atoms with Gasteiger partial charge in [-0.25, -0.2) is 14.4 Å². The predicted molar refractivity (Wildman–Crippen MR) is 99.4 cm³/mol. The van der Waals surface area contributed by atoms with Gasteiger partial charge in [0.15, 0.2) is 0 Å². The maximum Gasteiger partial charge on any atom is 0.330 e. The fourth-order valence-corrected chi connectivity index (χ4v) is 1.50. The molecule has 0 aliphatic carbocycles. The van der Waals surface area contributed by atoms with Crippen molar-refractivity contribution >= 4 is 17.9 Å². The van der Waals surface area contributed by atoms with Gasteiger partial charge in [-0.15, -0.1) is 0 Å². The Morgan fingerprint density at radius 3 is 1.15 bits per heavy atom. The topological polar surface area (TPSA) is 99.1 Å². The molecule has 0 unspecified atom stereocenters. The standard InChI is InChI=1S/C14H18O7.C6H6/c1-4-11(16)19-8-14(7-15,9-20-12(17)5-2)10-21-13(18)6-3;1-2-4-6-5-3-1/h4-6,15H,1-3,7-10H2;1-6H. The fourth-order valence-electron chi connectivity index (χ4n) is 1.50. The number of hydrogen-bond donors (Lipinski definition) is 1. The molecule has 0 atom stereocenters. The van der Waals surface area contributed by atoms with Gasteiger partial charge in [0.25, 0.3) is 0 Å². The van der Waals surface area contributed by atoms with E-state index in [0.29, 0.717) is 0 Å². The lowest BCUT2D eigenvalue weighted by Gasteiger charge is -2.29. The maximum atomic E-state index is 11.1. The molecular weight excluding hydrogens is 352 g/mol. The third-order valence-electron chi connectivity index (χ3n) is 3.06. The van der Waals surface area contributed by atoms with Crippen LogP contribution >= 0.6 is 0 Å². The smallest absolute Gasteiger partial charge is 0.330 e. The molecule has 7 heteroatoms. The van der Waals surface area contributed by atoms with Gasteiger partial charge in [0.05, 0.1) is 12.0 Å². The van der Waals surface area contributed by atoms with E-state index in [2.05, 4.69) is 19.7 Å². The van der Waals surface area contributed by atoms with Gasteiger partial charge in [-0.2, -0.15) is 0 Å². The molecule has 0 amide bonds. The highest BCUT2D eigenvalue weighted by Gasteiger charge is 2.35. The Morgan fingerprint density at radius 2 is 0.963 bits per heavy atom. The highest BCUT2D eigenvalue weighted by molar-refractivity contribution is 5.82. The molecule has 1 rings (SSSR count). The summed E-state index contributed by atoms with van der Waals surface area (Å²) < 4.78 is 14.5. The molecule has 0 aromatic heterocycles. The number of rotatable bonds is 10. The summed E-state index contributed by atoms with van der Waals surface area (Å²) in [5, 5.41) is 9.48. The van der Waals surface area contributed by atoms with Crippen LogP contribution in [-0.2, 0) is 28.6 Å². The summed E-state index contributed by atoms with van der Waals surface area (Å²) >= 11 is 0. The summed E-state index contributed by atoms with van der Waals surface area (Å²) in [7, 11) is 0. The molecule has 27 heavy (non-hydrogen) atoms. The van der Waals surface area contributed by atoms with Gasteiger partial charge in [0.1, 0.15) is 19.8 Å². The van der Waals surface area contributed by atoms with Crippen molar-refractivity contribution in [1.29, 1.82) is 0 Å². The van der Waals surface area contributed by atoms with Crippen molar-refractivity contribution in [3.8, 4) is 0 Å². The average molecular weight is 376 g/mol. The lowest BCUT2D eigenvalue weighted by atomic mass is 9.92. The molecule has 0 saturated carbocycles. The average Bonchev–Trinajstić information content (AvgIpc) is 2.74. The molecule has 0 heterocycles. The fraction of sp³-hybridized carbons (Fsp3) is 0.250. The number of aliphatic hydroxyl groups excluding tert-OH is 1. The van der Waals surface area contributed by atoms with Gasteiger partial charge in [-0.1, -0.05) is 56.1 Å². The van der Waals surface area contributed by atoms with Crippen molar-refractivity contribution in [1.82, 2.24) is 0 Å². The Bertz CT molecular complexity index is 536. The van der Waals surface area contributed by atoms with Crippen LogP contribution in [-0.4, -0.2) is 49.4 Å². The number of benzene rings is 1. The number of aliphatic hydroxyl groups is 1. The minimum atomic E-state index is -1.28. The Hall–Kier alpha value is -3.19.